The highest BCUT2D eigenvalue weighted by Crippen LogP contribution is 2.33. The molecule has 3 aromatic rings. The van der Waals surface area contributed by atoms with E-state index >= 15 is 0 Å². The van der Waals surface area contributed by atoms with Crippen LogP contribution in [-0.4, -0.2) is 22.2 Å². The Kier molecular flexibility index (Phi) is 9.56. The fourth-order valence-electron chi connectivity index (χ4n) is 4.03. The Morgan fingerprint density at radius 2 is 1.65 bits per heavy atom. The highest BCUT2D eigenvalue weighted by molar-refractivity contribution is 6.05. The van der Waals surface area contributed by atoms with Crippen LogP contribution in [-0.2, 0) is 6.54 Å². The lowest BCUT2D eigenvalue weighted by molar-refractivity contribution is 0.102. The Hall–Kier alpha value is -3.28. The van der Waals surface area contributed by atoms with Gasteiger partial charge in [0, 0.05) is 23.2 Å². The number of nitrogens with one attached hydrogen (secondary N) is 1. The number of fused-ring (bicyclic) bond motifs is 1. The molecule has 0 fully saturated rings. The normalized spacial score (nSPS) is 11.0. The third-order valence-electron chi connectivity index (χ3n) is 5.97. The molecular formula is C28H36N2O4. The summed E-state index contributed by atoms with van der Waals surface area (Å²) in [6, 6.07) is 14.2. The van der Waals surface area contributed by atoms with Gasteiger partial charge in [0.1, 0.15) is 0 Å². The first kappa shape index (κ1) is 25.3. The molecule has 3 rings (SSSR count). The third kappa shape index (κ3) is 6.40. The monoisotopic (exact) mass is 464 g/mol. The molecule has 1 heterocycles. The molecule has 6 heteroatoms. The van der Waals surface area contributed by atoms with E-state index in [1.807, 2.05) is 18.2 Å². The number of aromatic nitrogens is 1. The molecule has 0 aliphatic rings. The molecule has 1 aromatic heterocycles. The number of rotatable bonds is 13. The van der Waals surface area contributed by atoms with Crippen molar-refractivity contribution in [1.82, 2.24) is 4.57 Å². The van der Waals surface area contributed by atoms with Crippen LogP contribution in [0, 0.1) is 0 Å². The van der Waals surface area contributed by atoms with E-state index in [1.165, 1.54) is 0 Å². The molecule has 182 valence electrons. The second-order valence-electron chi connectivity index (χ2n) is 8.66. The van der Waals surface area contributed by atoms with Gasteiger partial charge in [-0.2, -0.15) is 0 Å². The Morgan fingerprint density at radius 1 is 0.941 bits per heavy atom. The van der Waals surface area contributed by atoms with Gasteiger partial charge in [0.15, 0.2) is 5.75 Å². The summed E-state index contributed by atoms with van der Waals surface area (Å²) in [7, 11) is 0. The van der Waals surface area contributed by atoms with Crippen LogP contribution in [0.2, 0.25) is 0 Å². The molecule has 0 spiro atoms. The number of nitrogens with zero attached hydrogens (tertiary/aromatic N) is 1. The number of benzene rings is 2. The topological polar surface area (TPSA) is 80.6 Å². The summed E-state index contributed by atoms with van der Waals surface area (Å²) >= 11 is 0. The number of hydrogen-bond acceptors (Lipinski definition) is 4. The molecule has 6 nitrogen and oxygen atoms in total. The number of carbonyl (C=O) groups is 1. The van der Waals surface area contributed by atoms with Crippen molar-refractivity contribution in [3.05, 3.63) is 64.4 Å². The Labute approximate surface area is 201 Å². The van der Waals surface area contributed by atoms with E-state index in [1.54, 1.807) is 34.9 Å². The summed E-state index contributed by atoms with van der Waals surface area (Å²) in [5, 5.41) is 14.3. The lowest BCUT2D eigenvalue weighted by Gasteiger charge is -2.17. The molecule has 2 N–H and O–H groups in total. The minimum Gasteiger partial charge on any atom is -0.504 e. The lowest BCUT2D eigenvalue weighted by Crippen LogP contribution is -2.23. The molecule has 0 bridgehead atoms. The Bertz CT molecular complexity index is 1140. The van der Waals surface area contributed by atoms with Crippen LogP contribution >= 0.6 is 0 Å². The fourth-order valence-corrected chi connectivity index (χ4v) is 4.03. The van der Waals surface area contributed by atoms with Crippen LogP contribution < -0.4 is 15.6 Å². The molecule has 0 radical (unpaired) electrons. The molecule has 0 aliphatic heterocycles. The molecule has 0 saturated heterocycles. The largest absolute Gasteiger partial charge is 0.504 e. The zero-order chi connectivity index (χ0) is 24.3. The molecule has 0 atom stereocenters. The number of aromatic hydroxyl groups is 1. The van der Waals surface area contributed by atoms with Crippen LogP contribution in [0.25, 0.3) is 10.9 Å². The average molecular weight is 465 g/mol. The Morgan fingerprint density at radius 3 is 2.35 bits per heavy atom. The number of anilines is 1. The van der Waals surface area contributed by atoms with Gasteiger partial charge in [-0.3, -0.25) is 9.59 Å². The van der Waals surface area contributed by atoms with Gasteiger partial charge in [0.25, 0.3) is 11.5 Å². The number of amides is 1. The minimum absolute atomic E-state index is 0.0144. The first-order chi connectivity index (χ1) is 16.6. The first-order valence-corrected chi connectivity index (χ1v) is 12.5. The maximum atomic E-state index is 13.3. The standard InChI is InChI=1S/C28H36N2O4/c1-3-5-7-12-18-30-24-20-22(29-27(32)21-14-10-9-11-15-21)16-17-23(24)25(31)26(28(30)33)34-19-13-8-6-4-2/h9-11,14-17,20,31H,3-8,12-13,18-19H2,1-2H3,(H,29,32). The number of carbonyl (C=O) groups excluding carboxylic acids is 1. The third-order valence-corrected chi connectivity index (χ3v) is 5.97. The second-order valence-corrected chi connectivity index (χ2v) is 8.66. The van der Waals surface area contributed by atoms with Gasteiger partial charge >= 0.3 is 0 Å². The number of hydrogen-bond donors (Lipinski definition) is 2. The summed E-state index contributed by atoms with van der Waals surface area (Å²) < 4.78 is 7.46. The van der Waals surface area contributed by atoms with Crippen molar-refractivity contribution in [3.8, 4) is 11.5 Å². The number of pyridine rings is 1. The van der Waals surface area contributed by atoms with Crippen molar-refractivity contribution < 1.29 is 14.6 Å². The van der Waals surface area contributed by atoms with Gasteiger partial charge in [-0.15, -0.1) is 0 Å². The summed E-state index contributed by atoms with van der Waals surface area (Å²) in [5.41, 5.74) is 1.37. The van der Waals surface area contributed by atoms with E-state index in [4.69, 9.17) is 4.74 Å². The summed E-state index contributed by atoms with van der Waals surface area (Å²) in [6.07, 6.45) is 8.18. The molecule has 34 heavy (non-hydrogen) atoms. The Balaban J connectivity index is 1.93. The first-order valence-electron chi connectivity index (χ1n) is 12.5. The van der Waals surface area contributed by atoms with Crippen molar-refractivity contribution in [2.24, 2.45) is 0 Å². The van der Waals surface area contributed by atoms with Crippen LogP contribution in [0.4, 0.5) is 5.69 Å². The highest BCUT2D eigenvalue weighted by atomic mass is 16.5. The minimum atomic E-state index is -0.330. The van der Waals surface area contributed by atoms with Gasteiger partial charge in [0.05, 0.1) is 12.1 Å². The smallest absolute Gasteiger partial charge is 0.297 e. The maximum Gasteiger partial charge on any atom is 0.297 e. The van der Waals surface area contributed by atoms with E-state index in [9.17, 15) is 14.7 Å². The number of aryl methyl sites for hydroxylation is 1. The second kappa shape index (κ2) is 12.8. The van der Waals surface area contributed by atoms with Crippen LogP contribution in [0.15, 0.2) is 53.3 Å². The van der Waals surface area contributed by atoms with Crippen molar-refractivity contribution in [2.75, 3.05) is 11.9 Å². The van der Waals surface area contributed by atoms with Crippen molar-refractivity contribution in [2.45, 2.75) is 71.8 Å². The molecule has 0 aliphatic carbocycles. The van der Waals surface area contributed by atoms with Crippen molar-refractivity contribution in [3.63, 3.8) is 0 Å². The zero-order valence-electron chi connectivity index (χ0n) is 20.3. The molecule has 0 saturated carbocycles. The SMILES string of the molecule is CCCCCCOc1c(O)c2ccc(NC(=O)c3ccccc3)cc2n(CCCCCC)c1=O. The van der Waals surface area contributed by atoms with Gasteiger partial charge in [-0.1, -0.05) is 70.6 Å². The predicted octanol–water partition coefficient (Wildman–Crippen LogP) is 6.50. The molecule has 1 amide bonds. The van der Waals surface area contributed by atoms with E-state index in [2.05, 4.69) is 19.2 Å². The van der Waals surface area contributed by atoms with Crippen LogP contribution in [0.1, 0.15) is 75.6 Å². The average Bonchev–Trinajstić information content (AvgIpc) is 2.85. The van der Waals surface area contributed by atoms with Gasteiger partial charge in [0.2, 0.25) is 5.75 Å². The quantitative estimate of drug-likeness (QED) is 0.283. The van der Waals surface area contributed by atoms with Crippen LogP contribution in [0.5, 0.6) is 11.5 Å². The maximum absolute atomic E-state index is 13.3. The summed E-state index contributed by atoms with van der Waals surface area (Å²) in [5.74, 6) is -0.352. The van der Waals surface area contributed by atoms with Gasteiger partial charge in [-0.25, -0.2) is 0 Å². The summed E-state index contributed by atoms with van der Waals surface area (Å²) in [4.78, 5) is 25.9. The van der Waals surface area contributed by atoms with Crippen molar-refractivity contribution >= 4 is 22.5 Å². The van der Waals surface area contributed by atoms with E-state index in [0.29, 0.717) is 35.3 Å². The van der Waals surface area contributed by atoms with Crippen LogP contribution in [0.3, 0.4) is 0 Å². The number of ether oxygens (including phenoxy) is 1. The molecular weight excluding hydrogens is 428 g/mol. The predicted molar refractivity (Wildman–Crippen MR) is 138 cm³/mol. The van der Waals surface area contributed by atoms with Crippen molar-refractivity contribution in [1.29, 1.82) is 0 Å². The lowest BCUT2D eigenvalue weighted by atomic mass is 10.1. The van der Waals surface area contributed by atoms with Gasteiger partial charge < -0.3 is 19.7 Å². The highest BCUT2D eigenvalue weighted by Gasteiger charge is 2.18. The summed E-state index contributed by atoms with van der Waals surface area (Å²) in [6.45, 7) is 5.21. The molecule has 0 unspecified atom stereocenters. The van der Waals surface area contributed by atoms with E-state index in [0.717, 1.165) is 51.4 Å². The molecule has 2 aromatic carbocycles. The van der Waals surface area contributed by atoms with E-state index in [-0.39, 0.29) is 23.0 Å². The van der Waals surface area contributed by atoms with Gasteiger partial charge in [-0.05, 0) is 43.2 Å². The van der Waals surface area contributed by atoms with E-state index < -0.39 is 0 Å². The fraction of sp³-hybridized carbons (Fsp3) is 0.429. The zero-order valence-corrected chi connectivity index (χ0v) is 20.3. The number of unbranched alkanes of at least 4 members (excludes halogenated alkanes) is 6.